The maximum atomic E-state index is 12.0. The fourth-order valence-corrected chi connectivity index (χ4v) is 3.43. The summed E-state index contributed by atoms with van der Waals surface area (Å²) in [6, 6.07) is 14.5. The minimum absolute atomic E-state index is 0.387. The molecule has 1 aromatic heterocycles. The third kappa shape index (κ3) is 4.77. The van der Waals surface area contributed by atoms with Crippen LogP contribution in [-0.4, -0.2) is 16.2 Å². The highest BCUT2D eigenvalue weighted by atomic mass is 79.9. The zero-order valence-corrected chi connectivity index (χ0v) is 15.5. The molecule has 0 spiro atoms. The van der Waals surface area contributed by atoms with Crippen molar-refractivity contribution in [2.75, 3.05) is 10.6 Å². The molecule has 24 heavy (non-hydrogen) atoms. The third-order valence-corrected chi connectivity index (χ3v) is 4.58. The lowest BCUT2D eigenvalue weighted by molar-refractivity contribution is 0.262. The van der Waals surface area contributed by atoms with Gasteiger partial charge in [0.15, 0.2) is 0 Å². The first-order chi connectivity index (χ1) is 11.6. The monoisotopic (exact) mass is 422 g/mol. The van der Waals surface area contributed by atoms with E-state index >= 15 is 0 Å². The molecule has 2 amide bonds. The Kier molecular flexibility index (Phi) is 5.44. The molecule has 0 saturated heterocycles. The van der Waals surface area contributed by atoms with Crippen molar-refractivity contribution in [3.63, 3.8) is 0 Å². The molecule has 0 aliphatic rings. The van der Waals surface area contributed by atoms with Gasteiger partial charge in [-0.1, -0.05) is 57.1 Å². The van der Waals surface area contributed by atoms with Gasteiger partial charge in [-0.25, -0.2) is 4.79 Å². The molecule has 0 fully saturated rings. The van der Waals surface area contributed by atoms with Crippen LogP contribution in [0.1, 0.15) is 10.6 Å². The first kappa shape index (κ1) is 16.9. The van der Waals surface area contributed by atoms with Gasteiger partial charge in [0.1, 0.15) is 5.01 Å². The summed E-state index contributed by atoms with van der Waals surface area (Å²) in [5.74, 6) is 0. The van der Waals surface area contributed by atoms with Crippen LogP contribution in [0, 0.1) is 0 Å². The Labute approximate surface area is 156 Å². The second kappa shape index (κ2) is 7.74. The van der Waals surface area contributed by atoms with Crippen molar-refractivity contribution >= 4 is 55.7 Å². The van der Waals surface area contributed by atoms with Gasteiger partial charge in [0.05, 0.1) is 0 Å². The summed E-state index contributed by atoms with van der Waals surface area (Å²) in [6.07, 6.45) is 0.661. The fourth-order valence-electron chi connectivity index (χ4n) is 2.02. The number of aromatic nitrogens is 2. The minimum atomic E-state index is -0.387. The highest BCUT2D eigenvalue weighted by Crippen LogP contribution is 2.21. The van der Waals surface area contributed by atoms with E-state index in [0.29, 0.717) is 22.3 Å². The van der Waals surface area contributed by atoms with Crippen LogP contribution in [0.5, 0.6) is 0 Å². The number of hydrogen-bond donors (Lipinski definition) is 2. The number of rotatable bonds is 4. The zero-order valence-electron chi connectivity index (χ0n) is 12.3. The number of urea groups is 1. The molecule has 2 N–H and O–H groups in total. The van der Waals surface area contributed by atoms with Crippen LogP contribution in [0.2, 0.25) is 5.02 Å². The van der Waals surface area contributed by atoms with E-state index < -0.39 is 0 Å². The summed E-state index contributed by atoms with van der Waals surface area (Å²) in [6.45, 7) is 0. The molecule has 122 valence electrons. The van der Waals surface area contributed by atoms with Crippen molar-refractivity contribution in [1.29, 1.82) is 0 Å². The van der Waals surface area contributed by atoms with Crippen LogP contribution in [0.3, 0.4) is 0 Å². The van der Waals surface area contributed by atoms with E-state index in [9.17, 15) is 4.79 Å². The number of carbonyl (C=O) groups is 1. The van der Waals surface area contributed by atoms with Crippen LogP contribution in [0.25, 0.3) is 0 Å². The SMILES string of the molecule is O=C(Nc1cccc(Cl)c1)Nc1nnc(Cc2cccc(Br)c2)s1. The van der Waals surface area contributed by atoms with E-state index in [0.717, 1.165) is 15.0 Å². The number of hydrogen-bond acceptors (Lipinski definition) is 4. The molecule has 3 rings (SSSR count). The van der Waals surface area contributed by atoms with Gasteiger partial charge in [-0.2, -0.15) is 0 Å². The van der Waals surface area contributed by atoms with Gasteiger partial charge in [0, 0.05) is 21.6 Å². The van der Waals surface area contributed by atoms with Crippen molar-refractivity contribution in [3.8, 4) is 0 Å². The Hall–Kier alpha value is -1.96. The van der Waals surface area contributed by atoms with E-state index in [1.54, 1.807) is 24.3 Å². The summed E-state index contributed by atoms with van der Waals surface area (Å²) in [5.41, 5.74) is 1.73. The van der Waals surface area contributed by atoms with Gasteiger partial charge >= 0.3 is 6.03 Å². The quantitative estimate of drug-likeness (QED) is 0.607. The van der Waals surface area contributed by atoms with Gasteiger partial charge in [-0.15, -0.1) is 10.2 Å². The summed E-state index contributed by atoms with van der Waals surface area (Å²) < 4.78 is 1.02. The Balaban J connectivity index is 1.60. The Morgan fingerprint density at radius 1 is 1.12 bits per heavy atom. The fraction of sp³-hybridized carbons (Fsp3) is 0.0625. The maximum Gasteiger partial charge on any atom is 0.325 e. The standard InChI is InChI=1S/C16H12BrClN4OS/c17-11-4-1-3-10(7-11)8-14-21-22-16(24-14)20-15(23)19-13-6-2-5-12(18)9-13/h1-7,9H,8H2,(H2,19,20,22,23). The molecule has 1 heterocycles. The van der Waals surface area contributed by atoms with Gasteiger partial charge < -0.3 is 5.32 Å². The van der Waals surface area contributed by atoms with E-state index in [-0.39, 0.29) is 6.03 Å². The van der Waals surface area contributed by atoms with Crippen LogP contribution in [0.4, 0.5) is 15.6 Å². The normalized spacial score (nSPS) is 10.4. The molecular formula is C16H12BrClN4OS. The highest BCUT2D eigenvalue weighted by Gasteiger charge is 2.09. The van der Waals surface area contributed by atoms with Gasteiger partial charge in [0.2, 0.25) is 5.13 Å². The van der Waals surface area contributed by atoms with Gasteiger partial charge in [-0.05, 0) is 35.9 Å². The summed E-state index contributed by atoms with van der Waals surface area (Å²) >= 11 is 10.7. The molecule has 2 aromatic carbocycles. The first-order valence-corrected chi connectivity index (χ1v) is 8.97. The molecule has 0 atom stereocenters. The van der Waals surface area contributed by atoms with Crippen molar-refractivity contribution in [3.05, 3.63) is 68.6 Å². The predicted octanol–water partition coefficient (Wildman–Crippen LogP) is 5.19. The summed E-state index contributed by atoms with van der Waals surface area (Å²) in [7, 11) is 0. The predicted molar refractivity (Wildman–Crippen MR) is 101 cm³/mol. The molecule has 0 aliphatic heterocycles. The van der Waals surface area contributed by atoms with Gasteiger partial charge in [-0.3, -0.25) is 5.32 Å². The topological polar surface area (TPSA) is 66.9 Å². The Bertz CT molecular complexity index is 871. The lowest BCUT2D eigenvalue weighted by atomic mass is 10.2. The molecule has 0 aliphatic carbocycles. The average molecular weight is 424 g/mol. The second-order valence-electron chi connectivity index (χ2n) is 4.90. The molecule has 5 nitrogen and oxygen atoms in total. The van der Waals surface area contributed by atoms with Crippen LogP contribution >= 0.6 is 38.9 Å². The van der Waals surface area contributed by atoms with Crippen LogP contribution in [0.15, 0.2) is 53.0 Å². The number of carbonyl (C=O) groups excluding carboxylic acids is 1. The molecule has 0 unspecified atom stereocenters. The number of nitrogens with zero attached hydrogens (tertiary/aromatic N) is 2. The Morgan fingerprint density at radius 3 is 2.75 bits per heavy atom. The molecule has 0 bridgehead atoms. The molecule has 0 radical (unpaired) electrons. The largest absolute Gasteiger partial charge is 0.325 e. The van der Waals surface area contributed by atoms with Crippen molar-refractivity contribution in [2.24, 2.45) is 0 Å². The van der Waals surface area contributed by atoms with Crippen molar-refractivity contribution < 1.29 is 4.79 Å². The Morgan fingerprint density at radius 2 is 1.96 bits per heavy atom. The molecule has 0 saturated carbocycles. The van der Waals surface area contributed by atoms with E-state index in [1.165, 1.54) is 11.3 Å². The summed E-state index contributed by atoms with van der Waals surface area (Å²) in [4.78, 5) is 12.0. The van der Waals surface area contributed by atoms with Gasteiger partial charge in [0.25, 0.3) is 0 Å². The number of nitrogens with one attached hydrogen (secondary N) is 2. The van der Waals surface area contributed by atoms with E-state index in [2.05, 4.69) is 36.8 Å². The number of benzene rings is 2. The number of amides is 2. The molecule has 8 heteroatoms. The van der Waals surface area contributed by atoms with E-state index in [1.807, 2.05) is 24.3 Å². The minimum Gasteiger partial charge on any atom is -0.308 e. The third-order valence-electron chi connectivity index (χ3n) is 3.01. The average Bonchev–Trinajstić information content (AvgIpc) is 2.94. The van der Waals surface area contributed by atoms with Crippen LogP contribution in [-0.2, 0) is 6.42 Å². The van der Waals surface area contributed by atoms with E-state index in [4.69, 9.17) is 11.6 Å². The zero-order chi connectivity index (χ0) is 16.9. The van der Waals surface area contributed by atoms with Crippen LogP contribution < -0.4 is 10.6 Å². The highest BCUT2D eigenvalue weighted by molar-refractivity contribution is 9.10. The smallest absolute Gasteiger partial charge is 0.308 e. The first-order valence-electron chi connectivity index (χ1n) is 6.99. The maximum absolute atomic E-state index is 12.0. The van der Waals surface area contributed by atoms with Crippen molar-refractivity contribution in [2.45, 2.75) is 6.42 Å². The summed E-state index contributed by atoms with van der Waals surface area (Å²) in [5, 5.41) is 15.3. The lowest BCUT2D eigenvalue weighted by Crippen LogP contribution is -2.19. The lowest BCUT2D eigenvalue weighted by Gasteiger charge is -2.04. The second-order valence-corrected chi connectivity index (χ2v) is 7.31. The van der Waals surface area contributed by atoms with Crippen molar-refractivity contribution in [1.82, 2.24) is 10.2 Å². The molecular weight excluding hydrogens is 412 g/mol. The number of halogens is 2. The number of anilines is 2. The molecule has 3 aromatic rings.